The monoisotopic (exact) mass is 266 g/mol. The molecule has 18 heavy (non-hydrogen) atoms. The summed E-state index contributed by atoms with van der Waals surface area (Å²) in [7, 11) is 1.33. The van der Waals surface area contributed by atoms with E-state index in [0.717, 1.165) is 0 Å². The molecule has 1 N–H and O–H groups in total. The fourth-order valence-electron chi connectivity index (χ4n) is 1.36. The topological polar surface area (TPSA) is 51.2 Å². The third-order valence-electron chi connectivity index (χ3n) is 2.18. The van der Waals surface area contributed by atoms with Crippen LogP contribution in [0.1, 0.15) is 5.69 Å². The Bertz CT molecular complexity index is 557. The second-order valence-electron chi connectivity index (χ2n) is 3.53. The first kappa shape index (κ1) is 12.5. The number of hydrogen-bond donors (Lipinski definition) is 1. The van der Waals surface area contributed by atoms with Crippen LogP contribution in [0.5, 0.6) is 0 Å². The number of benzene rings is 1. The maximum Gasteiger partial charge on any atom is 0.311 e. The molecule has 0 aliphatic carbocycles. The minimum absolute atomic E-state index is 0.137. The molecule has 0 atom stereocenters. The summed E-state index contributed by atoms with van der Waals surface area (Å²) in [5.41, 5.74) is 1.25. The fraction of sp³-hybridized carbons (Fsp3) is 0.167. The van der Waals surface area contributed by atoms with Gasteiger partial charge in [0, 0.05) is 11.1 Å². The minimum atomic E-state index is -0.336. The van der Waals surface area contributed by atoms with E-state index in [0.29, 0.717) is 16.5 Å². The molecule has 4 nitrogen and oxygen atoms in total. The lowest BCUT2D eigenvalue weighted by Gasteiger charge is -2.01. The van der Waals surface area contributed by atoms with Gasteiger partial charge < -0.3 is 10.1 Å². The van der Waals surface area contributed by atoms with Crippen molar-refractivity contribution in [2.24, 2.45) is 0 Å². The third-order valence-corrected chi connectivity index (χ3v) is 2.99. The molecule has 0 saturated carbocycles. The van der Waals surface area contributed by atoms with Crippen LogP contribution in [0.3, 0.4) is 0 Å². The first-order valence-corrected chi connectivity index (χ1v) is 6.09. The number of anilines is 2. The standard InChI is InChI=1S/C12H11FN2O2S/c1-17-11(16)6-10-7-18-12(15-10)14-9-4-2-3-8(13)5-9/h2-5,7H,6H2,1H3,(H,14,15). The number of ether oxygens (including phenoxy) is 1. The Hall–Kier alpha value is -1.95. The van der Waals surface area contributed by atoms with E-state index in [9.17, 15) is 9.18 Å². The number of hydrogen-bond acceptors (Lipinski definition) is 5. The van der Waals surface area contributed by atoms with Gasteiger partial charge in [0.2, 0.25) is 0 Å². The van der Waals surface area contributed by atoms with Crippen molar-refractivity contribution in [1.29, 1.82) is 0 Å². The number of carbonyl (C=O) groups is 1. The molecule has 0 aliphatic heterocycles. The van der Waals surface area contributed by atoms with E-state index in [1.165, 1.54) is 30.6 Å². The largest absolute Gasteiger partial charge is 0.469 e. The van der Waals surface area contributed by atoms with Crippen LogP contribution < -0.4 is 5.32 Å². The molecule has 0 spiro atoms. The van der Waals surface area contributed by atoms with E-state index in [4.69, 9.17) is 0 Å². The van der Waals surface area contributed by atoms with Crippen molar-refractivity contribution in [2.75, 3.05) is 12.4 Å². The van der Waals surface area contributed by atoms with E-state index >= 15 is 0 Å². The average molecular weight is 266 g/mol. The number of nitrogens with one attached hydrogen (secondary N) is 1. The van der Waals surface area contributed by atoms with Crippen molar-refractivity contribution in [3.63, 3.8) is 0 Å². The van der Waals surface area contributed by atoms with Gasteiger partial charge in [0.25, 0.3) is 0 Å². The Labute approximate surface area is 107 Å². The molecule has 0 bridgehead atoms. The molecule has 1 aromatic heterocycles. The molecule has 2 aromatic rings. The van der Waals surface area contributed by atoms with Crippen LogP contribution in [-0.4, -0.2) is 18.1 Å². The SMILES string of the molecule is COC(=O)Cc1csc(Nc2cccc(F)c2)n1. The second kappa shape index (κ2) is 5.59. The number of thiazole rings is 1. The smallest absolute Gasteiger partial charge is 0.311 e. The van der Waals surface area contributed by atoms with Gasteiger partial charge in [-0.2, -0.15) is 0 Å². The normalized spacial score (nSPS) is 10.1. The number of rotatable bonds is 4. The van der Waals surface area contributed by atoms with E-state index in [1.807, 2.05) is 0 Å². The van der Waals surface area contributed by atoms with Crippen molar-refractivity contribution in [2.45, 2.75) is 6.42 Å². The van der Waals surface area contributed by atoms with Crippen LogP contribution in [0, 0.1) is 5.82 Å². The molecule has 2 rings (SSSR count). The molecule has 0 saturated heterocycles. The zero-order chi connectivity index (χ0) is 13.0. The van der Waals surface area contributed by atoms with Crippen molar-refractivity contribution in [3.05, 3.63) is 41.2 Å². The van der Waals surface area contributed by atoms with Crippen LogP contribution in [0.25, 0.3) is 0 Å². The summed E-state index contributed by atoms with van der Waals surface area (Å²) >= 11 is 1.35. The van der Waals surface area contributed by atoms with E-state index in [2.05, 4.69) is 15.0 Å². The van der Waals surface area contributed by atoms with Crippen molar-refractivity contribution >= 4 is 28.1 Å². The number of carbonyl (C=O) groups excluding carboxylic acids is 1. The average Bonchev–Trinajstić information content (AvgIpc) is 2.76. The summed E-state index contributed by atoms with van der Waals surface area (Å²) in [6.07, 6.45) is 0.137. The number of methoxy groups -OCH3 is 1. The van der Waals surface area contributed by atoms with Gasteiger partial charge in [-0.25, -0.2) is 9.37 Å². The molecule has 0 amide bonds. The van der Waals surface area contributed by atoms with Crippen molar-refractivity contribution in [3.8, 4) is 0 Å². The predicted octanol–water partition coefficient (Wildman–Crippen LogP) is 2.74. The van der Waals surface area contributed by atoms with Gasteiger partial charge in [0.1, 0.15) is 5.82 Å². The molecule has 0 radical (unpaired) electrons. The number of aromatic nitrogens is 1. The highest BCUT2D eigenvalue weighted by Gasteiger charge is 2.07. The highest BCUT2D eigenvalue weighted by Crippen LogP contribution is 2.21. The van der Waals surface area contributed by atoms with Gasteiger partial charge >= 0.3 is 5.97 Å². The molecule has 0 aliphatic rings. The number of nitrogens with zero attached hydrogens (tertiary/aromatic N) is 1. The van der Waals surface area contributed by atoms with Crippen LogP contribution in [0.15, 0.2) is 29.6 Å². The van der Waals surface area contributed by atoms with E-state index in [1.54, 1.807) is 17.5 Å². The van der Waals surface area contributed by atoms with E-state index in [-0.39, 0.29) is 18.2 Å². The van der Waals surface area contributed by atoms with Crippen LogP contribution >= 0.6 is 11.3 Å². The van der Waals surface area contributed by atoms with Gasteiger partial charge in [0.15, 0.2) is 5.13 Å². The summed E-state index contributed by atoms with van der Waals surface area (Å²) < 4.78 is 17.5. The van der Waals surface area contributed by atoms with Crippen molar-refractivity contribution in [1.82, 2.24) is 4.98 Å². The first-order valence-electron chi connectivity index (χ1n) is 5.21. The highest BCUT2D eigenvalue weighted by molar-refractivity contribution is 7.13. The zero-order valence-electron chi connectivity index (χ0n) is 9.64. The fourth-order valence-corrected chi connectivity index (χ4v) is 2.09. The summed E-state index contributed by atoms with van der Waals surface area (Å²) in [6, 6.07) is 6.10. The lowest BCUT2D eigenvalue weighted by molar-refractivity contribution is -0.139. The van der Waals surface area contributed by atoms with Gasteiger partial charge in [-0.15, -0.1) is 11.3 Å². The molecular weight excluding hydrogens is 255 g/mol. The van der Waals surface area contributed by atoms with Gasteiger partial charge in [0.05, 0.1) is 19.2 Å². The van der Waals surface area contributed by atoms with Crippen LogP contribution in [0.2, 0.25) is 0 Å². The highest BCUT2D eigenvalue weighted by atomic mass is 32.1. The minimum Gasteiger partial charge on any atom is -0.469 e. The first-order chi connectivity index (χ1) is 8.67. The predicted molar refractivity (Wildman–Crippen MR) is 67.5 cm³/mol. The summed E-state index contributed by atoms with van der Waals surface area (Å²) in [5.74, 6) is -0.649. The van der Waals surface area contributed by atoms with Crippen molar-refractivity contribution < 1.29 is 13.9 Å². The Morgan fingerprint density at radius 3 is 3.11 bits per heavy atom. The Balaban J connectivity index is 2.04. The molecule has 94 valence electrons. The Morgan fingerprint density at radius 1 is 1.56 bits per heavy atom. The quantitative estimate of drug-likeness (QED) is 0.864. The summed E-state index contributed by atoms with van der Waals surface area (Å²) in [4.78, 5) is 15.3. The zero-order valence-corrected chi connectivity index (χ0v) is 10.5. The molecular formula is C12H11FN2O2S. The maximum absolute atomic E-state index is 13.0. The van der Waals surface area contributed by atoms with E-state index < -0.39 is 0 Å². The van der Waals surface area contributed by atoms with Gasteiger partial charge in [-0.1, -0.05) is 6.07 Å². The summed E-state index contributed by atoms with van der Waals surface area (Å²) in [5, 5.41) is 5.34. The number of halogens is 1. The molecule has 1 heterocycles. The second-order valence-corrected chi connectivity index (χ2v) is 4.39. The Kier molecular flexibility index (Phi) is 3.88. The maximum atomic E-state index is 13.0. The van der Waals surface area contributed by atoms with Gasteiger partial charge in [-0.05, 0) is 18.2 Å². The molecule has 0 unspecified atom stereocenters. The molecule has 1 aromatic carbocycles. The molecule has 0 fully saturated rings. The third kappa shape index (κ3) is 3.27. The van der Waals surface area contributed by atoms with Gasteiger partial charge in [-0.3, -0.25) is 4.79 Å². The Morgan fingerprint density at radius 2 is 2.39 bits per heavy atom. The summed E-state index contributed by atoms with van der Waals surface area (Å²) in [6.45, 7) is 0. The lowest BCUT2D eigenvalue weighted by atomic mass is 10.3. The number of esters is 1. The molecule has 6 heteroatoms. The van der Waals surface area contributed by atoms with Crippen LogP contribution in [-0.2, 0) is 16.0 Å². The van der Waals surface area contributed by atoms with Crippen LogP contribution in [0.4, 0.5) is 15.2 Å². The lowest BCUT2D eigenvalue weighted by Crippen LogP contribution is -2.04.